The second kappa shape index (κ2) is 9.02. The van der Waals surface area contributed by atoms with E-state index < -0.39 is 0 Å². The number of likely N-dealkylation sites (N-methyl/N-ethyl adjacent to an activating group) is 1. The van der Waals surface area contributed by atoms with Crippen molar-refractivity contribution in [3.63, 3.8) is 0 Å². The fourth-order valence-corrected chi connectivity index (χ4v) is 4.24. The molecule has 158 valence electrons. The third-order valence-corrected chi connectivity index (χ3v) is 5.77. The first-order chi connectivity index (χ1) is 14.1. The predicted octanol–water partition coefficient (Wildman–Crippen LogP) is -0.382. The standard InChI is InChI=1S/C19H30N8O2/c1-23-4-3-5-25(7-6-23)12-17-19(16-10-22-24(2)11-16)27(8-9-29-17)18(28)13-26-14-20-21-15-26/h10-11,14-15,17,19H,3-9,12-13H2,1-2H3/t17-,19-/m0/s1. The van der Waals surface area contributed by atoms with Crippen molar-refractivity contribution in [2.45, 2.75) is 25.1 Å². The van der Waals surface area contributed by atoms with Gasteiger partial charge in [0, 0.05) is 45.0 Å². The molecule has 2 aliphatic rings. The number of aryl methyl sites for hydroxylation is 1. The van der Waals surface area contributed by atoms with E-state index in [-0.39, 0.29) is 24.6 Å². The summed E-state index contributed by atoms with van der Waals surface area (Å²) in [4.78, 5) is 19.9. The van der Waals surface area contributed by atoms with Crippen LogP contribution in [0.1, 0.15) is 18.0 Å². The lowest BCUT2D eigenvalue weighted by molar-refractivity contribution is -0.149. The van der Waals surface area contributed by atoms with Crippen LogP contribution in [0.5, 0.6) is 0 Å². The summed E-state index contributed by atoms with van der Waals surface area (Å²) in [7, 11) is 4.07. The number of ether oxygens (including phenoxy) is 1. The van der Waals surface area contributed by atoms with Crippen LogP contribution >= 0.6 is 0 Å². The first-order valence-electron chi connectivity index (χ1n) is 10.2. The van der Waals surface area contributed by atoms with Crippen LogP contribution in [0.25, 0.3) is 0 Å². The molecule has 2 fully saturated rings. The van der Waals surface area contributed by atoms with Gasteiger partial charge in [0.25, 0.3) is 0 Å². The average Bonchev–Trinajstić information content (AvgIpc) is 3.32. The highest BCUT2D eigenvalue weighted by molar-refractivity contribution is 5.76. The molecule has 10 heteroatoms. The summed E-state index contributed by atoms with van der Waals surface area (Å²) < 4.78 is 9.71. The lowest BCUT2D eigenvalue weighted by Crippen LogP contribution is -2.52. The molecule has 1 amide bonds. The maximum absolute atomic E-state index is 13.1. The number of rotatable bonds is 5. The number of carbonyl (C=O) groups is 1. The molecule has 0 bridgehead atoms. The molecule has 4 rings (SSSR count). The molecule has 4 heterocycles. The minimum Gasteiger partial charge on any atom is -0.373 e. The van der Waals surface area contributed by atoms with Crippen LogP contribution in [0.4, 0.5) is 0 Å². The van der Waals surface area contributed by atoms with Crippen molar-refractivity contribution < 1.29 is 9.53 Å². The highest BCUT2D eigenvalue weighted by Crippen LogP contribution is 2.30. The number of amides is 1. The Morgan fingerprint density at radius 3 is 2.72 bits per heavy atom. The topological polar surface area (TPSA) is 84.6 Å². The molecule has 0 radical (unpaired) electrons. The monoisotopic (exact) mass is 402 g/mol. The number of hydrogen-bond acceptors (Lipinski definition) is 7. The van der Waals surface area contributed by atoms with E-state index in [0.717, 1.165) is 44.7 Å². The van der Waals surface area contributed by atoms with Gasteiger partial charge < -0.3 is 19.1 Å². The normalized spacial score (nSPS) is 24.6. The van der Waals surface area contributed by atoms with E-state index in [0.29, 0.717) is 13.2 Å². The van der Waals surface area contributed by atoms with E-state index in [2.05, 4.69) is 32.1 Å². The maximum Gasteiger partial charge on any atom is 0.243 e. The molecule has 29 heavy (non-hydrogen) atoms. The summed E-state index contributed by atoms with van der Waals surface area (Å²) in [5, 5.41) is 11.9. The van der Waals surface area contributed by atoms with Gasteiger partial charge in [-0.15, -0.1) is 10.2 Å². The molecular formula is C19H30N8O2. The van der Waals surface area contributed by atoms with Gasteiger partial charge >= 0.3 is 0 Å². The molecule has 10 nitrogen and oxygen atoms in total. The van der Waals surface area contributed by atoms with Gasteiger partial charge in [-0.1, -0.05) is 0 Å². The first-order valence-corrected chi connectivity index (χ1v) is 10.2. The second-order valence-corrected chi connectivity index (χ2v) is 7.98. The Bertz CT molecular complexity index is 792. The van der Waals surface area contributed by atoms with E-state index in [4.69, 9.17) is 4.74 Å². The summed E-state index contributed by atoms with van der Waals surface area (Å²) in [6, 6.07) is -0.151. The Labute approximate surface area is 171 Å². The molecule has 2 saturated heterocycles. The van der Waals surface area contributed by atoms with E-state index in [1.165, 1.54) is 0 Å². The van der Waals surface area contributed by atoms with Crippen LogP contribution in [-0.4, -0.2) is 104 Å². The fraction of sp³-hybridized carbons (Fsp3) is 0.684. The van der Waals surface area contributed by atoms with E-state index in [9.17, 15) is 4.79 Å². The van der Waals surface area contributed by atoms with Crippen molar-refractivity contribution in [1.29, 1.82) is 0 Å². The second-order valence-electron chi connectivity index (χ2n) is 7.98. The fourth-order valence-electron chi connectivity index (χ4n) is 4.24. The Hall–Kier alpha value is -2.30. The van der Waals surface area contributed by atoms with E-state index in [1.54, 1.807) is 21.9 Å². The summed E-state index contributed by atoms with van der Waals surface area (Å²) in [5.74, 6) is 0.0440. The molecule has 0 saturated carbocycles. The molecule has 0 aromatic carbocycles. The summed E-state index contributed by atoms with van der Waals surface area (Å²) in [5.41, 5.74) is 1.02. The van der Waals surface area contributed by atoms with Gasteiger partial charge in [0.1, 0.15) is 19.2 Å². The Morgan fingerprint density at radius 1 is 1.14 bits per heavy atom. The molecule has 2 aliphatic heterocycles. The van der Waals surface area contributed by atoms with Crippen molar-refractivity contribution in [2.75, 3.05) is 52.9 Å². The smallest absolute Gasteiger partial charge is 0.243 e. The molecule has 0 aliphatic carbocycles. The first kappa shape index (κ1) is 20.0. The quantitative estimate of drug-likeness (QED) is 0.674. The van der Waals surface area contributed by atoms with Gasteiger partial charge in [-0.25, -0.2) is 0 Å². The van der Waals surface area contributed by atoms with E-state index in [1.807, 2.05) is 24.3 Å². The minimum absolute atomic E-state index is 0.0440. The van der Waals surface area contributed by atoms with Gasteiger partial charge in [-0.2, -0.15) is 5.10 Å². The maximum atomic E-state index is 13.1. The van der Waals surface area contributed by atoms with Gasteiger partial charge in [0.05, 0.1) is 24.9 Å². The van der Waals surface area contributed by atoms with Crippen LogP contribution in [-0.2, 0) is 23.1 Å². The Morgan fingerprint density at radius 2 is 1.97 bits per heavy atom. The average molecular weight is 403 g/mol. The van der Waals surface area contributed by atoms with Crippen LogP contribution in [0, 0.1) is 0 Å². The van der Waals surface area contributed by atoms with Gasteiger partial charge in [0.2, 0.25) is 5.91 Å². The van der Waals surface area contributed by atoms with Crippen LogP contribution < -0.4 is 0 Å². The summed E-state index contributed by atoms with van der Waals surface area (Å²) in [6.07, 6.45) is 8.05. The third-order valence-electron chi connectivity index (χ3n) is 5.77. The molecule has 2 aromatic rings. The van der Waals surface area contributed by atoms with Crippen molar-refractivity contribution in [3.8, 4) is 0 Å². The number of aromatic nitrogens is 5. The zero-order chi connectivity index (χ0) is 20.2. The van der Waals surface area contributed by atoms with Crippen LogP contribution in [0.3, 0.4) is 0 Å². The molecule has 0 N–H and O–H groups in total. The van der Waals surface area contributed by atoms with Crippen molar-refractivity contribution in [2.24, 2.45) is 7.05 Å². The number of carbonyl (C=O) groups excluding carboxylic acids is 1. The third kappa shape index (κ3) is 4.82. The van der Waals surface area contributed by atoms with Crippen molar-refractivity contribution in [3.05, 3.63) is 30.6 Å². The van der Waals surface area contributed by atoms with Crippen LogP contribution in [0.2, 0.25) is 0 Å². The highest BCUT2D eigenvalue weighted by Gasteiger charge is 2.38. The Kier molecular flexibility index (Phi) is 6.22. The largest absolute Gasteiger partial charge is 0.373 e. The van der Waals surface area contributed by atoms with Gasteiger partial charge in [-0.05, 0) is 26.6 Å². The van der Waals surface area contributed by atoms with Crippen molar-refractivity contribution >= 4 is 5.91 Å². The van der Waals surface area contributed by atoms with Gasteiger partial charge in [-0.3, -0.25) is 14.4 Å². The zero-order valence-electron chi connectivity index (χ0n) is 17.2. The molecular weight excluding hydrogens is 372 g/mol. The molecule has 0 spiro atoms. The van der Waals surface area contributed by atoms with Crippen LogP contribution in [0.15, 0.2) is 25.0 Å². The molecule has 2 atom stereocenters. The zero-order valence-corrected chi connectivity index (χ0v) is 17.2. The molecule has 2 aromatic heterocycles. The minimum atomic E-state index is -0.151. The molecule has 0 unspecified atom stereocenters. The highest BCUT2D eigenvalue weighted by atomic mass is 16.5. The van der Waals surface area contributed by atoms with Gasteiger partial charge in [0.15, 0.2) is 0 Å². The predicted molar refractivity (Wildman–Crippen MR) is 106 cm³/mol. The lowest BCUT2D eigenvalue weighted by atomic mass is 10.00. The van der Waals surface area contributed by atoms with E-state index >= 15 is 0 Å². The number of morpholine rings is 1. The number of nitrogens with zero attached hydrogens (tertiary/aromatic N) is 8. The lowest BCUT2D eigenvalue weighted by Gasteiger charge is -2.42. The summed E-state index contributed by atoms with van der Waals surface area (Å²) >= 11 is 0. The van der Waals surface area contributed by atoms with Crippen molar-refractivity contribution in [1.82, 2.24) is 39.2 Å². The Balaban J connectivity index is 1.53. The SMILES string of the molecule is CN1CCCN(C[C@@H]2OCCN(C(=O)Cn3cnnc3)[C@H]2c2cnn(C)c2)CC1. The number of hydrogen-bond donors (Lipinski definition) is 0. The summed E-state index contributed by atoms with van der Waals surface area (Å²) in [6.45, 7) is 6.40.